The molecule has 1 fully saturated rings. The number of carbonyl (C=O) groups is 1. The van der Waals surface area contributed by atoms with E-state index in [-0.39, 0.29) is 36.8 Å². The zero-order valence-electron chi connectivity index (χ0n) is 14.3. The summed E-state index contributed by atoms with van der Waals surface area (Å²) in [6.45, 7) is 2.04. The summed E-state index contributed by atoms with van der Waals surface area (Å²) in [5.41, 5.74) is 4.61. The summed E-state index contributed by atoms with van der Waals surface area (Å²) in [5.74, 6) is -0.207. The smallest absolute Gasteiger partial charge is 0.416 e. The first-order chi connectivity index (χ1) is 11.9. The van der Waals surface area contributed by atoms with Crippen LogP contribution >= 0.6 is 12.4 Å². The minimum absolute atomic E-state index is 0. The monoisotopic (exact) mass is 396 g/mol. The highest BCUT2D eigenvalue weighted by Crippen LogP contribution is 2.31. The molecule has 0 radical (unpaired) electrons. The van der Waals surface area contributed by atoms with Gasteiger partial charge in [0.1, 0.15) is 5.75 Å². The zero-order valence-corrected chi connectivity index (χ0v) is 15.2. The predicted octanol–water partition coefficient (Wildman–Crippen LogP) is 2.86. The highest BCUT2D eigenvalue weighted by atomic mass is 35.5. The van der Waals surface area contributed by atoms with Gasteiger partial charge in [0.15, 0.2) is 6.61 Å². The van der Waals surface area contributed by atoms with E-state index in [2.05, 4.69) is 0 Å². The van der Waals surface area contributed by atoms with Crippen molar-refractivity contribution in [3.8, 4) is 5.75 Å². The second-order valence-electron chi connectivity index (χ2n) is 5.91. The molecule has 148 valence electrons. The van der Waals surface area contributed by atoms with Crippen LogP contribution in [0.15, 0.2) is 24.3 Å². The van der Waals surface area contributed by atoms with E-state index in [4.69, 9.17) is 15.2 Å². The third-order valence-corrected chi connectivity index (χ3v) is 4.02. The maximum Gasteiger partial charge on any atom is 0.416 e. The number of nitrogens with zero attached hydrogens (tertiary/aromatic N) is 1. The summed E-state index contributed by atoms with van der Waals surface area (Å²) in [7, 11) is 0. The van der Waals surface area contributed by atoms with E-state index < -0.39 is 11.7 Å². The molecule has 1 heterocycles. The Kier molecular flexibility index (Phi) is 9.18. The van der Waals surface area contributed by atoms with E-state index in [1.54, 1.807) is 4.90 Å². The van der Waals surface area contributed by atoms with Gasteiger partial charge in [-0.25, -0.2) is 0 Å². The molecule has 1 aromatic carbocycles. The molecule has 1 aliphatic heterocycles. The molecule has 9 heteroatoms. The molecule has 0 unspecified atom stereocenters. The molecule has 0 aromatic heterocycles. The highest BCUT2D eigenvalue weighted by molar-refractivity contribution is 5.85. The van der Waals surface area contributed by atoms with Crippen molar-refractivity contribution >= 4 is 18.3 Å². The van der Waals surface area contributed by atoms with Gasteiger partial charge >= 0.3 is 6.18 Å². The molecule has 0 bridgehead atoms. The number of nitrogens with two attached hydrogens (primary N) is 1. The van der Waals surface area contributed by atoms with Gasteiger partial charge in [-0.05, 0) is 44.0 Å². The number of halogens is 4. The van der Waals surface area contributed by atoms with Gasteiger partial charge in [0.25, 0.3) is 5.91 Å². The molecular formula is C17H24ClF3N2O3. The van der Waals surface area contributed by atoms with Crippen molar-refractivity contribution in [3.63, 3.8) is 0 Å². The summed E-state index contributed by atoms with van der Waals surface area (Å²) in [6, 6.07) is 4.52. The number of alkyl halides is 3. The first kappa shape index (κ1) is 22.5. The first-order valence-electron chi connectivity index (χ1n) is 8.29. The van der Waals surface area contributed by atoms with Crippen molar-refractivity contribution in [1.82, 2.24) is 4.90 Å². The highest BCUT2D eigenvalue weighted by Gasteiger charge is 2.30. The van der Waals surface area contributed by atoms with Gasteiger partial charge in [-0.15, -0.1) is 12.4 Å². The van der Waals surface area contributed by atoms with Crippen LogP contribution in [0.2, 0.25) is 0 Å². The number of amides is 1. The Morgan fingerprint density at radius 3 is 2.58 bits per heavy atom. The minimum atomic E-state index is -4.44. The Bertz CT molecular complexity index is 564. The average Bonchev–Trinajstić information content (AvgIpc) is 2.60. The fourth-order valence-electron chi connectivity index (χ4n) is 2.60. The van der Waals surface area contributed by atoms with Crippen molar-refractivity contribution < 1.29 is 27.4 Å². The lowest BCUT2D eigenvalue weighted by atomic mass is 10.1. The van der Waals surface area contributed by atoms with E-state index in [9.17, 15) is 18.0 Å². The topological polar surface area (TPSA) is 64.8 Å². The Hall–Kier alpha value is -1.51. The van der Waals surface area contributed by atoms with Crippen molar-refractivity contribution in [2.75, 3.05) is 32.8 Å². The molecular weight excluding hydrogens is 373 g/mol. The second-order valence-corrected chi connectivity index (χ2v) is 5.91. The molecule has 26 heavy (non-hydrogen) atoms. The van der Waals surface area contributed by atoms with E-state index in [0.29, 0.717) is 26.2 Å². The van der Waals surface area contributed by atoms with Gasteiger partial charge in [0.2, 0.25) is 0 Å². The number of carbonyl (C=O) groups excluding carboxylic acids is 1. The molecule has 1 amide bonds. The lowest BCUT2D eigenvalue weighted by Crippen LogP contribution is -2.43. The molecule has 0 spiro atoms. The van der Waals surface area contributed by atoms with Gasteiger partial charge in [0.05, 0.1) is 11.7 Å². The van der Waals surface area contributed by atoms with Crippen LogP contribution in [-0.2, 0) is 15.7 Å². The van der Waals surface area contributed by atoms with Gasteiger partial charge in [0, 0.05) is 19.7 Å². The summed E-state index contributed by atoms with van der Waals surface area (Å²) in [6.07, 6.45) is -2.03. The Morgan fingerprint density at radius 2 is 1.96 bits per heavy atom. The Morgan fingerprint density at radius 1 is 1.27 bits per heavy atom. The normalized spacial score (nSPS) is 15.5. The maximum absolute atomic E-state index is 12.7. The van der Waals surface area contributed by atoms with Crippen LogP contribution in [0.1, 0.15) is 24.8 Å². The molecule has 2 rings (SSSR count). The largest absolute Gasteiger partial charge is 0.484 e. The van der Waals surface area contributed by atoms with Gasteiger partial charge < -0.3 is 20.1 Å². The number of piperidine rings is 1. The SMILES string of the molecule is Cl.NCCCOC1CCN(C(=O)COc2cccc(C(F)(F)F)c2)CC1. The molecule has 1 aliphatic rings. The molecule has 2 N–H and O–H groups in total. The van der Waals surface area contributed by atoms with Crippen LogP contribution < -0.4 is 10.5 Å². The summed E-state index contributed by atoms with van der Waals surface area (Å²) in [5, 5.41) is 0. The fraction of sp³-hybridized carbons (Fsp3) is 0.588. The second kappa shape index (κ2) is 10.6. The summed E-state index contributed by atoms with van der Waals surface area (Å²) >= 11 is 0. The van der Waals surface area contributed by atoms with Gasteiger partial charge in [-0.3, -0.25) is 4.79 Å². The van der Waals surface area contributed by atoms with Crippen LogP contribution in [0.4, 0.5) is 13.2 Å². The van der Waals surface area contributed by atoms with Crippen LogP contribution in [0.25, 0.3) is 0 Å². The average molecular weight is 397 g/mol. The van der Waals surface area contributed by atoms with Crippen LogP contribution in [0.5, 0.6) is 5.75 Å². The van der Waals surface area contributed by atoms with Crippen LogP contribution in [-0.4, -0.2) is 49.8 Å². The van der Waals surface area contributed by atoms with E-state index in [1.165, 1.54) is 12.1 Å². The summed E-state index contributed by atoms with van der Waals surface area (Å²) < 4.78 is 48.9. The predicted molar refractivity (Wildman–Crippen MR) is 93.4 cm³/mol. The van der Waals surface area contributed by atoms with E-state index in [0.717, 1.165) is 31.4 Å². The fourth-order valence-corrected chi connectivity index (χ4v) is 2.60. The number of rotatable bonds is 7. The van der Waals surface area contributed by atoms with E-state index in [1.807, 2.05) is 0 Å². The van der Waals surface area contributed by atoms with E-state index >= 15 is 0 Å². The molecule has 0 aliphatic carbocycles. The third kappa shape index (κ3) is 7.01. The quantitative estimate of drug-likeness (QED) is 0.720. The number of hydrogen-bond acceptors (Lipinski definition) is 4. The van der Waals surface area contributed by atoms with Crippen LogP contribution in [0, 0.1) is 0 Å². The zero-order chi connectivity index (χ0) is 18.3. The standard InChI is InChI=1S/C17H23F3N2O3.ClH/c18-17(19,20)13-3-1-4-15(11-13)25-12-16(23)22-8-5-14(6-9-22)24-10-2-7-21;/h1,3-4,11,14H,2,5-10,12,21H2;1H. The van der Waals surface area contributed by atoms with Crippen molar-refractivity contribution in [1.29, 1.82) is 0 Å². The lowest BCUT2D eigenvalue weighted by molar-refractivity contribution is -0.137. The number of hydrogen-bond donors (Lipinski definition) is 1. The van der Waals surface area contributed by atoms with Gasteiger partial charge in [-0.1, -0.05) is 6.07 Å². The number of likely N-dealkylation sites (tertiary alicyclic amines) is 1. The molecule has 0 atom stereocenters. The Labute approximate surface area is 157 Å². The molecule has 5 nitrogen and oxygen atoms in total. The van der Waals surface area contributed by atoms with Crippen molar-refractivity contribution in [2.24, 2.45) is 5.73 Å². The first-order valence-corrected chi connectivity index (χ1v) is 8.29. The van der Waals surface area contributed by atoms with Gasteiger partial charge in [-0.2, -0.15) is 13.2 Å². The number of benzene rings is 1. The maximum atomic E-state index is 12.7. The lowest BCUT2D eigenvalue weighted by Gasteiger charge is -2.32. The third-order valence-electron chi connectivity index (χ3n) is 4.02. The summed E-state index contributed by atoms with van der Waals surface area (Å²) in [4.78, 5) is 13.8. The van der Waals surface area contributed by atoms with Crippen molar-refractivity contribution in [3.05, 3.63) is 29.8 Å². The Balaban J connectivity index is 0.00000338. The molecule has 1 saturated heterocycles. The van der Waals surface area contributed by atoms with Crippen molar-refractivity contribution in [2.45, 2.75) is 31.5 Å². The molecule has 0 saturated carbocycles. The minimum Gasteiger partial charge on any atom is -0.484 e. The number of ether oxygens (including phenoxy) is 2. The van der Waals surface area contributed by atoms with Crippen LogP contribution in [0.3, 0.4) is 0 Å². The molecule has 1 aromatic rings.